The molecule has 0 N–H and O–H groups in total. The first-order valence-corrected chi connectivity index (χ1v) is 20.0. The number of hydrogen-bond donors (Lipinski definition) is 0. The van der Waals surface area contributed by atoms with Gasteiger partial charge in [-0.05, 0) is 89.6 Å². The van der Waals surface area contributed by atoms with Gasteiger partial charge >= 0.3 is 0 Å². The highest BCUT2D eigenvalue weighted by molar-refractivity contribution is 7.25. The molecule has 1 unspecified atom stereocenters. The standard InChI is InChI=1S/C51H37N3OS/c1-4-16-34(17-5-1)36-20-14-21-37(32-36)40-24-10-11-25-41(40)38-30-31-46-44(33-38)48-43(27-15-29-47(48)56-46)51-53-49(35-18-6-2-7-19-35)52-50(54-51)42-26-12-13-28-45(42)55-39-22-8-3-9-23-39/h1-9,12-23,25-33,40H,10-11,24H2. The van der Waals surface area contributed by atoms with Crippen molar-refractivity contribution in [2.75, 3.05) is 0 Å². The highest BCUT2D eigenvalue weighted by Crippen LogP contribution is 2.45. The maximum atomic E-state index is 6.41. The zero-order chi connectivity index (χ0) is 37.3. The van der Waals surface area contributed by atoms with Crippen LogP contribution in [0.15, 0.2) is 182 Å². The number of nitrogens with zero attached hydrogens (tertiary/aromatic N) is 3. The van der Waals surface area contributed by atoms with Gasteiger partial charge in [-0.2, -0.15) is 0 Å². The van der Waals surface area contributed by atoms with E-state index in [0.717, 1.165) is 35.3 Å². The van der Waals surface area contributed by atoms with Crippen molar-refractivity contribution in [3.63, 3.8) is 0 Å². The molecule has 0 amide bonds. The van der Waals surface area contributed by atoms with Crippen LogP contribution < -0.4 is 4.74 Å². The summed E-state index contributed by atoms with van der Waals surface area (Å²) in [6.45, 7) is 0. The second-order valence-corrected chi connectivity index (χ2v) is 15.3. The Balaban J connectivity index is 1.10. The number of thiophene rings is 1. The van der Waals surface area contributed by atoms with Crippen molar-refractivity contribution in [2.24, 2.45) is 0 Å². The number of benzene rings is 7. The largest absolute Gasteiger partial charge is 0.457 e. The van der Waals surface area contributed by atoms with Crippen molar-refractivity contribution < 1.29 is 4.74 Å². The van der Waals surface area contributed by atoms with Crippen LogP contribution in [0.4, 0.5) is 0 Å². The maximum Gasteiger partial charge on any atom is 0.167 e. The quantitative estimate of drug-likeness (QED) is 0.156. The van der Waals surface area contributed by atoms with E-state index in [1.807, 2.05) is 96.3 Å². The zero-order valence-electron chi connectivity index (χ0n) is 30.7. The van der Waals surface area contributed by atoms with Gasteiger partial charge in [0.25, 0.3) is 0 Å². The zero-order valence-corrected chi connectivity index (χ0v) is 31.5. The summed E-state index contributed by atoms with van der Waals surface area (Å²) in [5.41, 5.74) is 9.27. The van der Waals surface area contributed by atoms with Gasteiger partial charge < -0.3 is 4.74 Å². The Bertz CT molecular complexity index is 2870. The SMILES string of the molecule is C1=C(c2ccc3sc4cccc(-c5nc(-c6ccccc6)nc(-c6ccccc6Oc6ccccc6)n5)c4c3c2)C(c2cccc(-c3ccccc3)c2)CCC1. The predicted molar refractivity (Wildman–Crippen MR) is 232 cm³/mol. The average Bonchev–Trinajstić information content (AvgIpc) is 3.66. The van der Waals surface area contributed by atoms with Gasteiger partial charge in [0, 0.05) is 37.2 Å². The first-order chi connectivity index (χ1) is 27.7. The fourth-order valence-electron chi connectivity index (χ4n) is 7.99. The molecule has 1 aliphatic rings. The van der Waals surface area contributed by atoms with Crippen LogP contribution in [0.2, 0.25) is 0 Å². The molecule has 0 spiro atoms. The maximum absolute atomic E-state index is 6.41. The second-order valence-electron chi connectivity index (χ2n) is 14.2. The molecule has 7 aromatic carbocycles. The molecule has 2 heterocycles. The Hall–Kier alpha value is -6.69. The Kier molecular flexibility index (Phi) is 8.98. The molecule has 1 aliphatic carbocycles. The molecule has 0 saturated heterocycles. The molecule has 56 heavy (non-hydrogen) atoms. The Morgan fingerprint density at radius 2 is 1.16 bits per heavy atom. The lowest BCUT2D eigenvalue weighted by molar-refractivity contribution is 0.484. The minimum Gasteiger partial charge on any atom is -0.457 e. The predicted octanol–water partition coefficient (Wildman–Crippen LogP) is 14.1. The minimum atomic E-state index is 0.326. The molecule has 9 aromatic rings. The molecule has 0 bridgehead atoms. The third-order valence-electron chi connectivity index (χ3n) is 10.7. The smallest absolute Gasteiger partial charge is 0.167 e. The summed E-state index contributed by atoms with van der Waals surface area (Å²) >= 11 is 1.82. The van der Waals surface area contributed by atoms with Gasteiger partial charge in [0.05, 0.1) is 5.56 Å². The van der Waals surface area contributed by atoms with Crippen LogP contribution in [0.25, 0.3) is 71.0 Å². The van der Waals surface area contributed by atoms with Crippen LogP contribution in [-0.4, -0.2) is 15.0 Å². The van der Waals surface area contributed by atoms with Crippen molar-refractivity contribution in [1.29, 1.82) is 0 Å². The number of rotatable bonds is 8. The molecule has 0 radical (unpaired) electrons. The number of hydrogen-bond acceptors (Lipinski definition) is 5. The molecular weight excluding hydrogens is 703 g/mol. The number of fused-ring (bicyclic) bond motifs is 3. The molecule has 0 aliphatic heterocycles. The van der Waals surface area contributed by atoms with Crippen LogP contribution in [-0.2, 0) is 0 Å². The fourth-order valence-corrected chi connectivity index (χ4v) is 9.10. The van der Waals surface area contributed by atoms with Gasteiger partial charge in [0.1, 0.15) is 11.5 Å². The van der Waals surface area contributed by atoms with Crippen LogP contribution in [0.3, 0.4) is 0 Å². The highest BCUT2D eigenvalue weighted by Gasteiger charge is 2.24. The minimum absolute atomic E-state index is 0.326. The van der Waals surface area contributed by atoms with E-state index in [4.69, 9.17) is 19.7 Å². The van der Waals surface area contributed by atoms with Gasteiger partial charge in [-0.1, -0.05) is 140 Å². The van der Waals surface area contributed by atoms with E-state index in [9.17, 15) is 0 Å². The van der Waals surface area contributed by atoms with Crippen molar-refractivity contribution in [2.45, 2.75) is 25.2 Å². The van der Waals surface area contributed by atoms with Crippen LogP contribution in [0.1, 0.15) is 36.3 Å². The number of allylic oxidation sites excluding steroid dienone is 2. The van der Waals surface area contributed by atoms with E-state index >= 15 is 0 Å². The van der Waals surface area contributed by atoms with Crippen molar-refractivity contribution in [3.8, 4) is 56.8 Å². The van der Waals surface area contributed by atoms with Gasteiger partial charge in [0.2, 0.25) is 0 Å². The van der Waals surface area contributed by atoms with Crippen LogP contribution >= 0.6 is 11.3 Å². The summed E-state index contributed by atoms with van der Waals surface area (Å²) in [6.07, 6.45) is 5.87. The van der Waals surface area contributed by atoms with Crippen molar-refractivity contribution in [3.05, 3.63) is 193 Å². The van der Waals surface area contributed by atoms with Gasteiger partial charge in [-0.25, -0.2) is 15.0 Å². The first kappa shape index (κ1) is 33.8. The van der Waals surface area contributed by atoms with Crippen LogP contribution in [0.5, 0.6) is 11.5 Å². The first-order valence-electron chi connectivity index (χ1n) is 19.2. The lowest BCUT2D eigenvalue weighted by Crippen LogP contribution is -2.06. The molecule has 0 saturated carbocycles. The van der Waals surface area contributed by atoms with Crippen LogP contribution in [0, 0.1) is 0 Å². The van der Waals surface area contributed by atoms with E-state index in [0.29, 0.717) is 29.1 Å². The van der Waals surface area contributed by atoms with E-state index in [2.05, 4.69) is 97.1 Å². The summed E-state index contributed by atoms with van der Waals surface area (Å²) in [5, 5.41) is 2.38. The van der Waals surface area contributed by atoms with Crippen molar-refractivity contribution in [1.82, 2.24) is 15.0 Å². The molecule has 268 valence electrons. The summed E-state index contributed by atoms with van der Waals surface area (Å²) in [5.74, 6) is 3.57. The topological polar surface area (TPSA) is 47.9 Å². The molecule has 4 nitrogen and oxygen atoms in total. The highest BCUT2D eigenvalue weighted by atomic mass is 32.1. The monoisotopic (exact) mass is 739 g/mol. The summed E-state index contributed by atoms with van der Waals surface area (Å²) in [4.78, 5) is 15.5. The summed E-state index contributed by atoms with van der Waals surface area (Å²) in [7, 11) is 0. The van der Waals surface area contributed by atoms with E-state index < -0.39 is 0 Å². The molecule has 1 atom stereocenters. The second kappa shape index (κ2) is 14.9. The average molecular weight is 740 g/mol. The Labute approximate surface area is 330 Å². The fraction of sp³-hybridized carbons (Fsp3) is 0.0784. The number of para-hydroxylation sites is 2. The lowest BCUT2D eigenvalue weighted by atomic mass is 9.78. The molecule has 10 rings (SSSR count). The number of aromatic nitrogens is 3. The van der Waals surface area contributed by atoms with Gasteiger partial charge in [-0.3, -0.25) is 0 Å². The summed E-state index contributed by atoms with van der Waals surface area (Å²) < 4.78 is 8.86. The van der Waals surface area contributed by atoms with Gasteiger partial charge in [0.15, 0.2) is 17.5 Å². The molecule has 0 fully saturated rings. The van der Waals surface area contributed by atoms with Crippen molar-refractivity contribution >= 4 is 37.1 Å². The van der Waals surface area contributed by atoms with E-state index in [1.165, 1.54) is 54.4 Å². The number of ether oxygens (including phenoxy) is 1. The van der Waals surface area contributed by atoms with E-state index in [1.54, 1.807) is 0 Å². The van der Waals surface area contributed by atoms with E-state index in [-0.39, 0.29) is 0 Å². The molecule has 5 heteroatoms. The molecular formula is C51H37N3OS. The normalized spacial score (nSPS) is 14.1. The Morgan fingerprint density at radius 3 is 1.98 bits per heavy atom. The third kappa shape index (κ3) is 6.57. The van der Waals surface area contributed by atoms with Gasteiger partial charge in [-0.15, -0.1) is 11.3 Å². The third-order valence-corrected chi connectivity index (χ3v) is 11.8. The molecule has 2 aromatic heterocycles. The summed E-state index contributed by atoms with van der Waals surface area (Å²) in [6, 6.07) is 61.3. The lowest BCUT2D eigenvalue weighted by Gasteiger charge is -2.26. The Morgan fingerprint density at radius 1 is 0.500 bits per heavy atom.